The molecule has 0 unspecified atom stereocenters. The number of nitrogens with zero attached hydrogens (tertiary/aromatic N) is 3. The van der Waals surface area contributed by atoms with Gasteiger partial charge in [0.05, 0.1) is 31.0 Å². The van der Waals surface area contributed by atoms with Crippen molar-refractivity contribution < 1.29 is 19.7 Å². The molecule has 1 saturated heterocycles. The first kappa shape index (κ1) is 21.0. The summed E-state index contributed by atoms with van der Waals surface area (Å²) in [4.78, 5) is 37.9. The molecular formula is C18H25N5O6. The van der Waals surface area contributed by atoms with Crippen molar-refractivity contribution in [3.05, 3.63) is 50.6 Å². The Morgan fingerprint density at radius 1 is 1.34 bits per heavy atom. The maximum Gasteiger partial charge on any atom is 0.328 e. The van der Waals surface area contributed by atoms with Gasteiger partial charge in [0.25, 0.3) is 11.5 Å². The molecule has 0 saturated carbocycles. The van der Waals surface area contributed by atoms with Gasteiger partial charge in [-0.25, -0.2) is 4.79 Å². The molecule has 0 spiro atoms. The first-order valence-electron chi connectivity index (χ1n) is 9.41. The number of aryl methyl sites for hydroxylation is 2. The van der Waals surface area contributed by atoms with Crippen LogP contribution in [0.2, 0.25) is 0 Å². The molecule has 4 N–H and O–H groups in total. The number of hydrogen-bond acceptors (Lipinski definition) is 7. The molecular weight excluding hydrogens is 382 g/mol. The van der Waals surface area contributed by atoms with Crippen LogP contribution in [-0.4, -0.2) is 66.4 Å². The molecule has 1 aliphatic rings. The van der Waals surface area contributed by atoms with Gasteiger partial charge in [-0.2, -0.15) is 5.10 Å². The maximum absolute atomic E-state index is 12.4. The first-order chi connectivity index (χ1) is 13.8. The molecule has 158 valence electrons. The summed E-state index contributed by atoms with van der Waals surface area (Å²) >= 11 is 0. The molecule has 1 aliphatic heterocycles. The molecule has 29 heavy (non-hydrogen) atoms. The van der Waals surface area contributed by atoms with Gasteiger partial charge in [-0.3, -0.25) is 23.8 Å². The Balaban J connectivity index is 1.63. The van der Waals surface area contributed by atoms with Crippen LogP contribution in [-0.2, 0) is 17.8 Å². The molecule has 0 bridgehead atoms. The molecule has 4 atom stereocenters. The van der Waals surface area contributed by atoms with Crippen molar-refractivity contribution in [2.45, 2.75) is 57.7 Å². The van der Waals surface area contributed by atoms with E-state index in [-0.39, 0.29) is 13.2 Å². The lowest BCUT2D eigenvalue weighted by molar-refractivity contribution is -0.152. The van der Waals surface area contributed by atoms with E-state index in [1.165, 1.54) is 17.0 Å². The highest BCUT2D eigenvalue weighted by Gasteiger charge is 2.39. The zero-order valence-corrected chi connectivity index (χ0v) is 16.2. The van der Waals surface area contributed by atoms with Crippen molar-refractivity contribution >= 4 is 5.91 Å². The summed E-state index contributed by atoms with van der Waals surface area (Å²) in [6, 6.07) is -0.822. The van der Waals surface area contributed by atoms with Crippen molar-refractivity contribution in [3.63, 3.8) is 0 Å². The molecule has 11 nitrogen and oxygen atoms in total. The van der Waals surface area contributed by atoms with Gasteiger partial charge in [-0.1, -0.05) is 6.92 Å². The molecule has 0 radical (unpaired) electrons. The van der Waals surface area contributed by atoms with Crippen molar-refractivity contribution in [2.24, 2.45) is 0 Å². The van der Waals surface area contributed by atoms with Gasteiger partial charge in [0, 0.05) is 24.5 Å². The fourth-order valence-corrected chi connectivity index (χ4v) is 3.20. The molecule has 2 aromatic rings. The fourth-order valence-electron chi connectivity index (χ4n) is 3.20. The molecule has 1 amide bonds. The molecule has 2 aromatic heterocycles. The average molecular weight is 407 g/mol. The predicted molar refractivity (Wildman–Crippen MR) is 102 cm³/mol. The first-order valence-corrected chi connectivity index (χ1v) is 9.41. The number of hydrogen-bond donors (Lipinski definition) is 4. The molecule has 3 heterocycles. The summed E-state index contributed by atoms with van der Waals surface area (Å²) in [5, 5.41) is 27.6. The van der Waals surface area contributed by atoms with Gasteiger partial charge in [0.15, 0.2) is 0 Å². The van der Waals surface area contributed by atoms with E-state index >= 15 is 0 Å². The number of aromatic amines is 1. The van der Waals surface area contributed by atoms with E-state index in [0.29, 0.717) is 17.7 Å². The topological polar surface area (TPSA) is 151 Å². The standard InChI is InChI=1S/C18H25N5O6/c1-3-4-23-7-11(5-19-23)17(27)20-12-9-29-13(15(25)14(12)24)8-22-6-10(2)16(26)21-18(22)28/h5-7,12-15,24-25H,3-4,8-9H2,1-2H3,(H,20,27)(H,21,26,28)/t12-,13-,14+,15-/m1/s1. The van der Waals surface area contributed by atoms with Crippen molar-refractivity contribution in [2.75, 3.05) is 6.61 Å². The summed E-state index contributed by atoms with van der Waals surface area (Å²) in [6.07, 6.45) is 1.78. The number of aliphatic hydroxyl groups is 2. The lowest BCUT2D eigenvalue weighted by atomic mass is 9.97. The van der Waals surface area contributed by atoms with E-state index in [0.717, 1.165) is 6.42 Å². The van der Waals surface area contributed by atoms with Gasteiger partial charge < -0.3 is 20.3 Å². The Hall–Kier alpha value is -2.76. The van der Waals surface area contributed by atoms with E-state index in [1.54, 1.807) is 17.8 Å². The largest absolute Gasteiger partial charge is 0.388 e. The van der Waals surface area contributed by atoms with E-state index in [2.05, 4.69) is 15.4 Å². The summed E-state index contributed by atoms with van der Waals surface area (Å²) in [6.45, 7) is 4.13. The van der Waals surface area contributed by atoms with Crippen molar-refractivity contribution in [1.82, 2.24) is 24.6 Å². The third-order valence-corrected chi connectivity index (χ3v) is 4.86. The summed E-state index contributed by atoms with van der Waals surface area (Å²) in [5.41, 5.74) is -0.437. The lowest BCUT2D eigenvalue weighted by Crippen LogP contribution is -2.60. The number of aromatic nitrogens is 4. The van der Waals surface area contributed by atoms with Crippen LogP contribution in [0.1, 0.15) is 29.3 Å². The highest BCUT2D eigenvalue weighted by atomic mass is 16.5. The van der Waals surface area contributed by atoms with E-state index < -0.39 is 41.5 Å². The number of ether oxygens (including phenoxy) is 1. The molecule has 11 heteroatoms. The predicted octanol–water partition coefficient (Wildman–Crippen LogP) is -1.63. The number of carbonyl (C=O) groups excluding carboxylic acids is 1. The zero-order chi connectivity index (χ0) is 21.1. The molecule has 0 aromatic carbocycles. The molecule has 0 aliphatic carbocycles. The van der Waals surface area contributed by atoms with E-state index in [1.807, 2.05) is 6.92 Å². The van der Waals surface area contributed by atoms with Crippen LogP contribution in [0, 0.1) is 6.92 Å². The Morgan fingerprint density at radius 2 is 2.10 bits per heavy atom. The van der Waals surface area contributed by atoms with E-state index in [4.69, 9.17) is 4.74 Å². The fraction of sp³-hybridized carbons (Fsp3) is 0.556. The second kappa shape index (κ2) is 8.72. The number of amides is 1. The number of rotatable bonds is 6. The number of nitrogens with one attached hydrogen (secondary N) is 2. The second-order valence-corrected chi connectivity index (χ2v) is 7.15. The van der Waals surface area contributed by atoms with Crippen LogP contribution < -0.4 is 16.6 Å². The zero-order valence-electron chi connectivity index (χ0n) is 16.2. The number of carbonyl (C=O) groups is 1. The minimum absolute atomic E-state index is 0.0468. The van der Waals surface area contributed by atoms with Crippen molar-refractivity contribution in [1.29, 1.82) is 0 Å². The minimum Gasteiger partial charge on any atom is -0.388 e. The average Bonchev–Trinajstić information content (AvgIpc) is 3.14. The normalized spacial score (nSPS) is 24.4. The van der Waals surface area contributed by atoms with Crippen LogP contribution in [0.4, 0.5) is 0 Å². The van der Waals surface area contributed by atoms with Crippen LogP contribution in [0.15, 0.2) is 28.2 Å². The van der Waals surface area contributed by atoms with Crippen molar-refractivity contribution in [3.8, 4) is 0 Å². The summed E-state index contributed by atoms with van der Waals surface area (Å²) in [7, 11) is 0. The third kappa shape index (κ3) is 4.63. The highest BCUT2D eigenvalue weighted by molar-refractivity contribution is 5.93. The highest BCUT2D eigenvalue weighted by Crippen LogP contribution is 2.17. The Labute approximate surface area is 165 Å². The van der Waals surface area contributed by atoms with Crippen LogP contribution in [0.3, 0.4) is 0 Å². The lowest BCUT2D eigenvalue weighted by Gasteiger charge is -2.38. The van der Waals surface area contributed by atoms with Gasteiger partial charge in [-0.15, -0.1) is 0 Å². The van der Waals surface area contributed by atoms with Crippen LogP contribution in [0.5, 0.6) is 0 Å². The van der Waals surface area contributed by atoms with E-state index in [9.17, 15) is 24.6 Å². The number of aliphatic hydroxyl groups excluding tert-OH is 2. The Morgan fingerprint density at radius 3 is 2.83 bits per heavy atom. The SMILES string of the molecule is CCCn1cc(C(=O)N[C@@H]2CO[C@H](Cn3cc(C)c(=O)[nH]c3=O)[C@@H](O)[C@H]2O)cn1. The smallest absolute Gasteiger partial charge is 0.328 e. The van der Waals surface area contributed by atoms with Crippen LogP contribution >= 0.6 is 0 Å². The number of H-pyrrole nitrogens is 1. The third-order valence-electron chi connectivity index (χ3n) is 4.86. The summed E-state index contributed by atoms with van der Waals surface area (Å²) in [5.74, 6) is -0.432. The minimum atomic E-state index is -1.34. The molecule has 1 fully saturated rings. The Bertz CT molecular complexity index is 980. The van der Waals surface area contributed by atoms with Gasteiger partial charge in [-0.05, 0) is 13.3 Å². The van der Waals surface area contributed by atoms with Crippen LogP contribution in [0.25, 0.3) is 0 Å². The maximum atomic E-state index is 12.4. The molecule has 3 rings (SSSR count). The summed E-state index contributed by atoms with van der Waals surface area (Å²) < 4.78 is 8.44. The quantitative estimate of drug-likeness (QED) is 0.449. The van der Waals surface area contributed by atoms with Gasteiger partial charge >= 0.3 is 5.69 Å². The second-order valence-electron chi connectivity index (χ2n) is 7.15. The van der Waals surface area contributed by atoms with Gasteiger partial charge in [0.2, 0.25) is 0 Å². The monoisotopic (exact) mass is 407 g/mol. The Kier molecular flexibility index (Phi) is 6.30. The van der Waals surface area contributed by atoms with Gasteiger partial charge in [0.1, 0.15) is 18.3 Å².